The van der Waals surface area contributed by atoms with Gasteiger partial charge in [0.2, 0.25) is 5.43 Å². The van der Waals surface area contributed by atoms with Gasteiger partial charge in [-0.1, -0.05) is 0 Å². The predicted octanol–water partition coefficient (Wildman–Crippen LogP) is 2.48. The summed E-state index contributed by atoms with van der Waals surface area (Å²) in [6.45, 7) is 0.458. The van der Waals surface area contributed by atoms with Gasteiger partial charge in [-0.3, -0.25) is 4.79 Å². The van der Waals surface area contributed by atoms with Crippen molar-refractivity contribution in [2.45, 2.75) is 0 Å². The number of pyridine rings is 1. The highest BCUT2D eigenvalue weighted by Gasteiger charge is 2.19. The lowest BCUT2D eigenvalue weighted by atomic mass is 10.1. The minimum Gasteiger partial charge on any atom is -0.477 e. The SMILES string of the molecule is NCCNc1cc2c(cc1F)c(=O)c(C(=O)O)cn2-c1ccc(F)cc1F. The van der Waals surface area contributed by atoms with Crippen LogP contribution in [0.5, 0.6) is 0 Å². The predicted molar refractivity (Wildman–Crippen MR) is 93.9 cm³/mol. The number of rotatable bonds is 5. The number of nitrogens with zero attached hydrogens (tertiary/aromatic N) is 1. The van der Waals surface area contributed by atoms with Crippen LogP contribution in [-0.4, -0.2) is 28.7 Å². The second-order valence-electron chi connectivity index (χ2n) is 5.71. The lowest BCUT2D eigenvalue weighted by molar-refractivity contribution is 0.0695. The van der Waals surface area contributed by atoms with Gasteiger partial charge < -0.3 is 20.7 Å². The molecule has 4 N–H and O–H groups in total. The normalized spacial score (nSPS) is 11.0. The average Bonchev–Trinajstić information content (AvgIpc) is 2.61. The van der Waals surface area contributed by atoms with E-state index < -0.39 is 34.4 Å². The number of carboxylic acids is 1. The number of aromatic carboxylic acids is 1. The van der Waals surface area contributed by atoms with E-state index in [4.69, 9.17) is 5.73 Å². The number of nitrogens with two attached hydrogens (primary N) is 1. The molecule has 0 aliphatic rings. The summed E-state index contributed by atoms with van der Waals surface area (Å²) in [7, 11) is 0. The summed E-state index contributed by atoms with van der Waals surface area (Å²) >= 11 is 0. The maximum atomic E-state index is 14.3. The third-order valence-electron chi connectivity index (χ3n) is 3.95. The molecule has 140 valence electrons. The number of anilines is 1. The Kier molecular flexibility index (Phi) is 4.87. The molecule has 3 rings (SSSR count). The first-order valence-corrected chi connectivity index (χ1v) is 7.85. The fourth-order valence-electron chi connectivity index (χ4n) is 2.72. The number of hydrogen-bond acceptors (Lipinski definition) is 4. The Balaban J connectivity index is 2.40. The van der Waals surface area contributed by atoms with Crippen molar-refractivity contribution >= 4 is 22.6 Å². The molecule has 9 heteroatoms. The molecule has 0 radical (unpaired) electrons. The van der Waals surface area contributed by atoms with Gasteiger partial charge in [-0.05, 0) is 24.3 Å². The quantitative estimate of drug-likeness (QED) is 0.635. The van der Waals surface area contributed by atoms with Crippen LogP contribution in [-0.2, 0) is 0 Å². The molecule has 0 spiro atoms. The summed E-state index contributed by atoms with van der Waals surface area (Å²) in [4.78, 5) is 23.8. The van der Waals surface area contributed by atoms with Crippen molar-refractivity contribution < 1.29 is 23.1 Å². The zero-order valence-electron chi connectivity index (χ0n) is 13.8. The molecule has 0 aliphatic carbocycles. The van der Waals surface area contributed by atoms with Gasteiger partial charge in [0.15, 0.2) is 0 Å². The average molecular weight is 377 g/mol. The zero-order valence-corrected chi connectivity index (χ0v) is 13.8. The highest BCUT2D eigenvalue weighted by molar-refractivity contribution is 5.94. The summed E-state index contributed by atoms with van der Waals surface area (Å²) in [5.74, 6) is -4.14. The number of carbonyl (C=O) groups is 1. The topological polar surface area (TPSA) is 97.3 Å². The fourth-order valence-corrected chi connectivity index (χ4v) is 2.72. The monoisotopic (exact) mass is 377 g/mol. The molecule has 0 bridgehead atoms. The smallest absolute Gasteiger partial charge is 0.341 e. The largest absolute Gasteiger partial charge is 0.477 e. The number of carboxylic acid groups (broad SMARTS) is 1. The maximum absolute atomic E-state index is 14.3. The van der Waals surface area contributed by atoms with Crippen molar-refractivity contribution in [3.63, 3.8) is 0 Å². The molecule has 0 unspecified atom stereocenters. The Hall–Kier alpha value is -3.33. The van der Waals surface area contributed by atoms with E-state index in [1.165, 1.54) is 6.07 Å². The van der Waals surface area contributed by atoms with E-state index in [0.29, 0.717) is 6.07 Å². The van der Waals surface area contributed by atoms with Gasteiger partial charge in [-0.15, -0.1) is 0 Å². The second kappa shape index (κ2) is 7.12. The molecule has 1 heterocycles. The summed E-state index contributed by atoms with van der Waals surface area (Å²) in [6, 6.07) is 4.82. The maximum Gasteiger partial charge on any atom is 0.341 e. The molecular formula is C18H14F3N3O3. The summed E-state index contributed by atoms with van der Waals surface area (Å²) < 4.78 is 42.9. The van der Waals surface area contributed by atoms with Gasteiger partial charge >= 0.3 is 5.97 Å². The number of aromatic nitrogens is 1. The van der Waals surface area contributed by atoms with Gasteiger partial charge in [-0.25, -0.2) is 18.0 Å². The number of benzene rings is 2. The van der Waals surface area contributed by atoms with Crippen LogP contribution in [0.2, 0.25) is 0 Å². The van der Waals surface area contributed by atoms with Crippen molar-refractivity contribution in [3.8, 4) is 5.69 Å². The summed E-state index contributed by atoms with van der Waals surface area (Å²) in [5.41, 5.74) is 3.66. The van der Waals surface area contributed by atoms with E-state index in [1.807, 2.05) is 0 Å². The van der Waals surface area contributed by atoms with Crippen LogP contribution >= 0.6 is 0 Å². The van der Waals surface area contributed by atoms with Crippen molar-refractivity contribution in [1.82, 2.24) is 4.57 Å². The Morgan fingerprint density at radius 2 is 1.89 bits per heavy atom. The molecule has 0 saturated carbocycles. The van der Waals surface area contributed by atoms with E-state index in [0.717, 1.165) is 29.0 Å². The van der Waals surface area contributed by atoms with Gasteiger partial charge in [0.1, 0.15) is 23.0 Å². The Bertz CT molecular complexity index is 1110. The standard InChI is InChI=1S/C18H14F3N3O3/c19-9-1-2-15(13(21)5-9)24-8-11(18(26)27)17(25)10-6-12(20)14(7-16(10)24)23-4-3-22/h1-2,5-8,23H,3-4,22H2,(H,26,27). The van der Waals surface area contributed by atoms with E-state index in [1.54, 1.807) is 0 Å². The first-order chi connectivity index (χ1) is 12.8. The second-order valence-corrected chi connectivity index (χ2v) is 5.71. The molecule has 6 nitrogen and oxygen atoms in total. The molecule has 1 aromatic heterocycles. The Morgan fingerprint density at radius 1 is 1.15 bits per heavy atom. The van der Waals surface area contributed by atoms with Crippen LogP contribution < -0.4 is 16.5 Å². The first kappa shape index (κ1) is 18.5. The van der Waals surface area contributed by atoms with E-state index in [-0.39, 0.29) is 35.4 Å². The lowest BCUT2D eigenvalue weighted by Crippen LogP contribution is -2.20. The van der Waals surface area contributed by atoms with Crippen LogP contribution in [0.25, 0.3) is 16.6 Å². The highest BCUT2D eigenvalue weighted by Crippen LogP contribution is 2.25. The van der Waals surface area contributed by atoms with Crippen molar-refractivity contribution in [1.29, 1.82) is 0 Å². The number of nitrogens with one attached hydrogen (secondary N) is 1. The molecule has 0 amide bonds. The zero-order chi connectivity index (χ0) is 19.7. The van der Waals surface area contributed by atoms with Gasteiger partial charge in [0.25, 0.3) is 0 Å². The highest BCUT2D eigenvalue weighted by atomic mass is 19.1. The molecule has 0 atom stereocenters. The van der Waals surface area contributed by atoms with E-state index in [2.05, 4.69) is 5.32 Å². The van der Waals surface area contributed by atoms with Crippen molar-refractivity contribution in [2.24, 2.45) is 5.73 Å². The molecule has 27 heavy (non-hydrogen) atoms. The number of halogens is 3. The van der Waals surface area contributed by atoms with Gasteiger partial charge in [-0.2, -0.15) is 0 Å². The summed E-state index contributed by atoms with van der Waals surface area (Å²) in [6.07, 6.45) is 0.925. The molecule has 0 saturated heterocycles. The number of fused-ring (bicyclic) bond motifs is 1. The third-order valence-corrected chi connectivity index (χ3v) is 3.95. The van der Waals surface area contributed by atoms with Crippen LogP contribution in [0.15, 0.2) is 41.3 Å². The van der Waals surface area contributed by atoms with Gasteiger partial charge in [0, 0.05) is 30.7 Å². The first-order valence-electron chi connectivity index (χ1n) is 7.85. The van der Waals surface area contributed by atoms with Crippen molar-refractivity contribution in [2.75, 3.05) is 18.4 Å². The van der Waals surface area contributed by atoms with Crippen LogP contribution in [0.1, 0.15) is 10.4 Å². The number of hydrogen-bond donors (Lipinski definition) is 3. The molecule has 0 fully saturated rings. The lowest BCUT2D eigenvalue weighted by Gasteiger charge is -2.15. The van der Waals surface area contributed by atoms with E-state index >= 15 is 0 Å². The van der Waals surface area contributed by atoms with Crippen LogP contribution in [0.4, 0.5) is 18.9 Å². The summed E-state index contributed by atoms with van der Waals surface area (Å²) in [5, 5.41) is 11.7. The Morgan fingerprint density at radius 3 is 2.52 bits per heavy atom. The van der Waals surface area contributed by atoms with Crippen LogP contribution in [0.3, 0.4) is 0 Å². The van der Waals surface area contributed by atoms with Gasteiger partial charge in [0.05, 0.1) is 16.9 Å². The molecule has 3 aromatic rings. The molecule has 2 aromatic carbocycles. The Labute approximate surface area is 150 Å². The fraction of sp³-hybridized carbons (Fsp3) is 0.111. The third kappa shape index (κ3) is 3.36. The van der Waals surface area contributed by atoms with Crippen molar-refractivity contribution in [3.05, 3.63) is 69.8 Å². The molecular weight excluding hydrogens is 363 g/mol. The minimum atomic E-state index is -1.55. The van der Waals surface area contributed by atoms with E-state index in [9.17, 15) is 27.9 Å². The molecule has 0 aliphatic heterocycles. The minimum absolute atomic E-state index is 0.00620. The van der Waals surface area contributed by atoms with Crippen LogP contribution in [0, 0.1) is 17.5 Å².